The molecular formula is C14H12N2O2. The molecule has 18 heavy (non-hydrogen) atoms. The fourth-order valence-electron chi connectivity index (χ4n) is 1.55. The molecule has 0 aliphatic rings. The number of para-hydroxylation sites is 1. The summed E-state index contributed by atoms with van der Waals surface area (Å²) in [5.41, 5.74) is 2.41. The van der Waals surface area contributed by atoms with Gasteiger partial charge in [-0.05, 0) is 36.4 Å². The number of nitrogens with zero attached hydrogens (tertiary/aromatic N) is 1. The Morgan fingerprint density at radius 3 is 1.89 bits per heavy atom. The van der Waals surface area contributed by atoms with Gasteiger partial charge >= 0.3 is 0 Å². The first-order chi connectivity index (χ1) is 8.83. The first kappa shape index (κ1) is 11.9. The van der Waals surface area contributed by atoms with Crippen LogP contribution in [0.2, 0.25) is 0 Å². The van der Waals surface area contributed by atoms with Gasteiger partial charge in [-0.25, -0.2) is 0 Å². The van der Waals surface area contributed by atoms with Gasteiger partial charge in [0, 0.05) is 11.4 Å². The number of nitrogens with one attached hydrogen (secondary N) is 1. The summed E-state index contributed by atoms with van der Waals surface area (Å²) >= 11 is 0. The van der Waals surface area contributed by atoms with E-state index in [-0.39, 0.29) is 0 Å². The second kappa shape index (κ2) is 5.63. The van der Waals surface area contributed by atoms with Crippen molar-refractivity contribution in [1.82, 2.24) is 0 Å². The van der Waals surface area contributed by atoms with Crippen molar-refractivity contribution in [2.45, 2.75) is 0 Å². The van der Waals surface area contributed by atoms with Gasteiger partial charge in [-0.2, -0.15) is 0 Å². The van der Waals surface area contributed by atoms with Gasteiger partial charge in [-0.3, -0.25) is 14.5 Å². The lowest BCUT2D eigenvalue weighted by molar-refractivity contribution is -0.113. The van der Waals surface area contributed by atoms with Crippen molar-refractivity contribution >= 4 is 29.9 Å². The molecule has 0 aromatic heterocycles. The molecule has 0 bridgehead atoms. The average molecular weight is 240 g/mol. The topological polar surface area (TPSA) is 49.4 Å². The Bertz CT molecular complexity index is 515. The van der Waals surface area contributed by atoms with E-state index in [2.05, 4.69) is 5.32 Å². The number of hydrogen-bond donors (Lipinski definition) is 1. The van der Waals surface area contributed by atoms with Gasteiger partial charge < -0.3 is 5.32 Å². The molecule has 90 valence electrons. The number of rotatable bonds is 5. The number of carbonyl (C=O) groups is 2. The van der Waals surface area contributed by atoms with Crippen LogP contribution in [0, 0.1) is 0 Å². The molecule has 0 aliphatic heterocycles. The molecule has 0 spiro atoms. The lowest BCUT2D eigenvalue weighted by atomic mass is 10.2. The van der Waals surface area contributed by atoms with E-state index < -0.39 is 0 Å². The quantitative estimate of drug-likeness (QED) is 0.817. The molecular weight excluding hydrogens is 228 g/mol. The van der Waals surface area contributed by atoms with E-state index in [9.17, 15) is 9.59 Å². The number of imide groups is 1. The highest BCUT2D eigenvalue weighted by Gasteiger charge is 2.02. The van der Waals surface area contributed by atoms with Crippen LogP contribution in [0.4, 0.5) is 17.1 Å². The third-order valence-corrected chi connectivity index (χ3v) is 2.46. The van der Waals surface area contributed by atoms with Gasteiger partial charge in [0.1, 0.15) is 0 Å². The number of benzene rings is 2. The largest absolute Gasteiger partial charge is 0.356 e. The van der Waals surface area contributed by atoms with Crippen LogP contribution in [0.1, 0.15) is 0 Å². The smallest absolute Gasteiger partial charge is 0.220 e. The molecule has 2 aromatic rings. The van der Waals surface area contributed by atoms with E-state index in [1.165, 1.54) is 0 Å². The van der Waals surface area contributed by atoms with E-state index in [1.807, 2.05) is 42.5 Å². The fourth-order valence-corrected chi connectivity index (χ4v) is 1.55. The Morgan fingerprint density at radius 2 is 1.33 bits per heavy atom. The first-order valence-electron chi connectivity index (χ1n) is 5.44. The maximum absolute atomic E-state index is 10.6. The Morgan fingerprint density at radius 1 is 0.778 bits per heavy atom. The SMILES string of the molecule is O=CN(C=O)c1ccc(Nc2ccccc2)cc1. The summed E-state index contributed by atoms with van der Waals surface area (Å²) in [6.45, 7) is 0. The molecule has 4 heteroatoms. The molecule has 2 aromatic carbocycles. The average Bonchev–Trinajstić information content (AvgIpc) is 2.43. The summed E-state index contributed by atoms with van der Waals surface area (Å²) in [5.74, 6) is 0. The van der Waals surface area contributed by atoms with Crippen molar-refractivity contribution in [3.8, 4) is 0 Å². The van der Waals surface area contributed by atoms with Gasteiger partial charge in [0.25, 0.3) is 0 Å². The van der Waals surface area contributed by atoms with Gasteiger partial charge in [-0.1, -0.05) is 18.2 Å². The lowest BCUT2D eigenvalue weighted by Gasteiger charge is -2.10. The van der Waals surface area contributed by atoms with Crippen LogP contribution in [-0.2, 0) is 9.59 Å². The van der Waals surface area contributed by atoms with E-state index in [1.54, 1.807) is 12.1 Å². The van der Waals surface area contributed by atoms with Gasteiger partial charge in [-0.15, -0.1) is 0 Å². The molecule has 0 saturated heterocycles. The van der Waals surface area contributed by atoms with Crippen LogP contribution in [0.25, 0.3) is 0 Å². The molecule has 0 radical (unpaired) electrons. The number of hydrogen-bond acceptors (Lipinski definition) is 3. The summed E-state index contributed by atoms with van der Waals surface area (Å²) in [4.78, 5) is 22.2. The minimum absolute atomic E-state index is 0.479. The van der Waals surface area contributed by atoms with Gasteiger partial charge in [0.05, 0.1) is 5.69 Å². The molecule has 4 nitrogen and oxygen atoms in total. The molecule has 0 atom stereocenters. The Kier molecular flexibility index (Phi) is 3.71. The van der Waals surface area contributed by atoms with Crippen LogP contribution >= 0.6 is 0 Å². The van der Waals surface area contributed by atoms with Crippen LogP contribution in [0.5, 0.6) is 0 Å². The van der Waals surface area contributed by atoms with E-state index in [0.717, 1.165) is 16.3 Å². The predicted molar refractivity (Wildman–Crippen MR) is 70.8 cm³/mol. The predicted octanol–water partition coefficient (Wildman–Crippen LogP) is 2.55. The normalized spacial score (nSPS) is 9.56. The summed E-state index contributed by atoms with van der Waals surface area (Å²) < 4.78 is 0. The first-order valence-corrected chi connectivity index (χ1v) is 5.44. The third kappa shape index (κ3) is 2.74. The molecule has 1 N–H and O–H groups in total. The molecule has 0 unspecified atom stereocenters. The Balaban J connectivity index is 2.13. The van der Waals surface area contributed by atoms with E-state index in [4.69, 9.17) is 0 Å². The zero-order chi connectivity index (χ0) is 12.8. The second-order valence-corrected chi connectivity index (χ2v) is 3.66. The highest BCUT2D eigenvalue weighted by Crippen LogP contribution is 2.19. The molecule has 0 fully saturated rings. The molecule has 2 amide bonds. The second-order valence-electron chi connectivity index (χ2n) is 3.66. The molecule has 0 saturated carbocycles. The van der Waals surface area contributed by atoms with Crippen LogP contribution in [0.15, 0.2) is 54.6 Å². The van der Waals surface area contributed by atoms with Crippen LogP contribution in [0.3, 0.4) is 0 Å². The van der Waals surface area contributed by atoms with E-state index in [0.29, 0.717) is 18.5 Å². The summed E-state index contributed by atoms with van der Waals surface area (Å²) in [5, 5.41) is 3.21. The van der Waals surface area contributed by atoms with Crippen molar-refractivity contribution in [3.63, 3.8) is 0 Å². The molecule has 2 rings (SSSR count). The highest BCUT2D eigenvalue weighted by atomic mass is 16.2. The third-order valence-electron chi connectivity index (χ3n) is 2.46. The number of anilines is 3. The number of carbonyl (C=O) groups excluding carboxylic acids is 2. The molecule has 0 heterocycles. The zero-order valence-electron chi connectivity index (χ0n) is 9.61. The van der Waals surface area contributed by atoms with Gasteiger partial charge in [0.2, 0.25) is 12.8 Å². The van der Waals surface area contributed by atoms with Crippen LogP contribution in [-0.4, -0.2) is 12.8 Å². The van der Waals surface area contributed by atoms with Crippen molar-refractivity contribution < 1.29 is 9.59 Å². The van der Waals surface area contributed by atoms with Crippen molar-refractivity contribution in [2.24, 2.45) is 0 Å². The van der Waals surface area contributed by atoms with Crippen molar-refractivity contribution in [1.29, 1.82) is 0 Å². The maximum Gasteiger partial charge on any atom is 0.220 e. The fraction of sp³-hybridized carbons (Fsp3) is 0. The highest BCUT2D eigenvalue weighted by molar-refractivity contribution is 5.95. The van der Waals surface area contributed by atoms with Crippen LogP contribution < -0.4 is 10.2 Å². The Labute approximate surface area is 105 Å². The monoisotopic (exact) mass is 240 g/mol. The lowest BCUT2D eigenvalue weighted by Crippen LogP contribution is -2.17. The summed E-state index contributed by atoms with van der Waals surface area (Å²) in [6.07, 6.45) is 0.958. The van der Waals surface area contributed by atoms with E-state index >= 15 is 0 Å². The summed E-state index contributed by atoms with van der Waals surface area (Å²) in [6, 6.07) is 16.8. The molecule has 0 aliphatic carbocycles. The van der Waals surface area contributed by atoms with Crippen molar-refractivity contribution in [2.75, 3.05) is 10.2 Å². The maximum atomic E-state index is 10.6. The zero-order valence-corrected chi connectivity index (χ0v) is 9.61. The Hall–Kier alpha value is -2.62. The summed E-state index contributed by atoms with van der Waals surface area (Å²) in [7, 11) is 0. The minimum Gasteiger partial charge on any atom is -0.356 e. The van der Waals surface area contributed by atoms with Crippen molar-refractivity contribution in [3.05, 3.63) is 54.6 Å². The standard InChI is InChI=1S/C14H12N2O2/c17-10-16(11-18)14-8-6-13(7-9-14)15-12-4-2-1-3-5-12/h1-11,15H. The minimum atomic E-state index is 0.479. The van der Waals surface area contributed by atoms with Gasteiger partial charge in [0.15, 0.2) is 0 Å². The number of amides is 2.